The summed E-state index contributed by atoms with van der Waals surface area (Å²) < 4.78 is 25.3. The summed E-state index contributed by atoms with van der Waals surface area (Å²) in [6, 6.07) is 13.3. The Hall–Kier alpha value is -3.26. The second kappa shape index (κ2) is 11.4. The van der Waals surface area contributed by atoms with E-state index in [9.17, 15) is 14.0 Å². The van der Waals surface area contributed by atoms with Gasteiger partial charge in [0.1, 0.15) is 18.1 Å². The Kier molecular flexibility index (Phi) is 8.62. The first kappa shape index (κ1) is 26.3. The highest BCUT2D eigenvalue weighted by Crippen LogP contribution is 2.37. The fourth-order valence-electron chi connectivity index (χ4n) is 4.08. The maximum absolute atomic E-state index is 14.6. The van der Waals surface area contributed by atoms with Crippen LogP contribution in [-0.2, 0) is 14.3 Å². The Morgan fingerprint density at radius 2 is 1.80 bits per heavy atom. The fraction of sp³-hybridized carbons (Fsp3) is 0.444. The number of hydrogen-bond donors (Lipinski definition) is 0. The van der Waals surface area contributed by atoms with E-state index in [-0.39, 0.29) is 30.3 Å². The SMILES string of the molecule is COCCN(CC(=O)N1N=C(c2ccccc2F)C[C@@H]1c1ccccc1OC)C(=O)CC(C)(C)C. The van der Waals surface area contributed by atoms with Crippen molar-refractivity contribution in [2.75, 3.05) is 33.9 Å². The monoisotopic (exact) mass is 483 g/mol. The van der Waals surface area contributed by atoms with Gasteiger partial charge in [0.05, 0.1) is 25.5 Å². The Labute approximate surface area is 206 Å². The second-order valence-electron chi connectivity index (χ2n) is 9.77. The molecule has 2 aromatic carbocycles. The highest BCUT2D eigenvalue weighted by atomic mass is 19.1. The van der Waals surface area contributed by atoms with Gasteiger partial charge in [0.15, 0.2) is 0 Å². The molecule has 0 saturated carbocycles. The molecule has 3 rings (SSSR count). The molecule has 0 aromatic heterocycles. The molecule has 0 aliphatic carbocycles. The van der Waals surface area contributed by atoms with E-state index in [2.05, 4.69) is 5.10 Å². The number of methoxy groups -OCH3 is 2. The highest BCUT2D eigenvalue weighted by molar-refractivity contribution is 6.03. The van der Waals surface area contributed by atoms with Gasteiger partial charge in [-0.3, -0.25) is 9.59 Å². The van der Waals surface area contributed by atoms with E-state index in [1.807, 2.05) is 45.0 Å². The van der Waals surface area contributed by atoms with Gasteiger partial charge in [-0.15, -0.1) is 0 Å². The Morgan fingerprint density at radius 3 is 2.46 bits per heavy atom. The van der Waals surface area contributed by atoms with Crippen LogP contribution in [-0.4, -0.2) is 61.4 Å². The van der Waals surface area contributed by atoms with Crippen LogP contribution < -0.4 is 4.74 Å². The minimum atomic E-state index is -0.491. The van der Waals surface area contributed by atoms with Crippen LogP contribution in [0.4, 0.5) is 4.39 Å². The maximum Gasteiger partial charge on any atom is 0.262 e. The molecule has 0 saturated heterocycles. The molecule has 2 aromatic rings. The summed E-state index contributed by atoms with van der Waals surface area (Å²) in [7, 11) is 3.12. The number of nitrogens with zero attached hydrogens (tertiary/aromatic N) is 3. The van der Waals surface area contributed by atoms with Crippen molar-refractivity contribution in [3.63, 3.8) is 0 Å². The van der Waals surface area contributed by atoms with Gasteiger partial charge in [-0.25, -0.2) is 9.40 Å². The number of hydrogen-bond acceptors (Lipinski definition) is 5. The lowest BCUT2D eigenvalue weighted by molar-refractivity contribution is -0.143. The first-order valence-electron chi connectivity index (χ1n) is 11.7. The van der Waals surface area contributed by atoms with E-state index in [1.165, 1.54) is 16.0 Å². The molecule has 1 atom stereocenters. The van der Waals surface area contributed by atoms with Crippen LogP contribution in [0.2, 0.25) is 0 Å². The van der Waals surface area contributed by atoms with Crippen LogP contribution in [0.3, 0.4) is 0 Å². The normalized spacial score (nSPS) is 15.7. The van der Waals surface area contributed by atoms with Crippen LogP contribution in [0.25, 0.3) is 0 Å². The molecule has 0 unspecified atom stereocenters. The van der Waals surface area contributed by atoms with Crippen molar-refractivity contribution < 1.29 is 23.5 Å². The molecule has 1 aliphatic rings. The van der Waals surface area contributed by atoms with Crippen LogP contribution in [0.5, 0.6) is 5.75 Å². The summed E-state index contributed by atoms with van der Waals surface area (Å²) in [6.07, 6.45) is 0.616. The predicted molar refractivity (Wildman–Crippen MR) is 133 cm³/mol. The number of halogens is 1. The van der Waals surface area contributed by atoms with Gasteiger partial charge in [-0.05, 0) is 17.5 Å². The number of para-hydroxylation sites is 1. The second-order valence-corrected chi connectivity index (χ2v) is 9.77. The Balaban J connectivity index is 1.94. The van der Waals surface area contributed by atoms with E-state index in [0.29, 0.717) is 36.5 Å². The minimum Gasteiger partial charge on any atom is -0.496 e. The van der Waals surface area contributed by atoms with Gasteiger partial charge in [0.25, 0.3) is 5.91 Å². The smallest absolute Gasteiger partial charge is 0.262 e. The van der Waals surface area contributed by atoms with Crippen molar-refractivity contribution in [2.45, 2.75) is 39.7 Å². The number of benzene rings is 2. The number of rotatable bonds is 9. The molecule has 1 aliphatic heterocycles. The van der Waals surface area contributed by atoms with Gasteiger partial charge < -0.3 is 14.4 Å². The van der Waals surface area contributed by atoms with Crippen LogP contribution in [0.1, 0.15) is 50.8 Å². The molecule has 0 fully saturated rings. The zero-order valence-corrected chi connectivity index (χ0v) is 21.1. The van der Waals surface area contributed by atoms with Gasteiger partial charge in [0.2, 0.25) is 5.91 Å². The van der Waals surface area contributed by atoms with Crippen molar-refractivity contribution in [3.8, 4) is 5.75 Å². The van der Waals surface area contributed by atoms with Gasteiger partial charge in [-0.1, -0.05) is 57.2 Å². The number of amides is 2. The number of ether oxygens (including phenoxy) is 2. The summed E-state index contributed by atoms with van der Waals surface area (Å²) in [6.45, 7) is 6.37. The summed E-state index contributed by atoms with van der Waals surface area (Å²) in [5.74, 6) is -0.276. The zero-order valence-electron chi connectivity index (χ0n) is 21.1. The summed E-state index contributed by atoms with van der Waals surface area (Å²) in [5.41, 5.74) is 1.36. The quantitative estimate of drug-likeness (QED) is 0.529. The van der Waals surface area contributed by atoms with Crippen molar-refractivity contribution in [2.24, 2.45) is 10.5 Å². The van der Waals surface area contributed by atoms with Crippen LogP contribution >= 0.6 is 0 Å². The molecule has 188 valence electrons. The topological polar surface area (TPSA) is 71.4 Å². The van der Waals surface area contributed by atoms with Gasteiger partial charge in [0, 0.05) is 37.6 Å². The van der Waals surface area contributed by atoms with Crippen molar-refractivity contribution in [1.29, 1.82) is 0 Å². The average molecular weight is 484 g/mol. The summed E-state index contributed by atoms with van der Waals surface area (Å²) in [5, 5.41) is 5.92. The highest BCUT2D eigenvalue weighted by Gasteiger charge is 2.36. The minimum absolute atomic E-state index is 0.130. The van der Waals surface area contributed by atoms with E-state index in [0.717, 1.165) is 5.56 Å². The molecule has 1 heterocycles. The van der Waals surface area contributed by atoms with Gasteiger partial charge >= 0.3 is 0 Å². The van der Waals surface area contributed by atoms with E-state index < -0.39 is 11.9 Å². The average Bonchev–Trinajstić information content (AvgIpc) is 3.26. The molecule has 0 radical (unpaired) electrons. The first-order valence-corrected chi connectivity index (χ1v) is 11.7. The molecular weight excluding hydrogens is 449 g/mol. The lowest BCUT2D eigenvalue weighted by atomic mass is 9.91. The zero-order chi connectivity index (χ0) is 25.6. The molecule has 0 bridgehead atoms. The number of carbonyl (C=O) groups excluding carboxylic acids is 2. The molecule has 0 N–H and O–H groups in total. The van der Waals surface area contributed by atoms with Gasteiger partial charge in [-0.2, -0.15) is 5.10 Å². The lowest BCUT2D eigenvalue weighted by Crippen LogP contribution is -2.43. The van der Waals surface area contributed by atoms with E-state index in [1.54, 1.807) is 32.4 Å². The number of hydrazone groups is 1. The van der Waals surface area contributed by atoms with Crippen molar-refractivity contribution >= 4 is 17.5 Å². The molecule has 35 heavy (non-hydrogen) atoms. The number of carbonyl (C=O) groups is 2. The Bertz CT molecular complexity index is 1080. The van der Waals surface area contributed by atoms with Crippen molar-refractivity contribution in [3.05, 3.63) is 65.5 Å². The summed E-state index contributed by atoms with van der Waals surface area (Å²) in [4.78, 5) is 28.1. The molecule has 2 amide bonds. The largest absolute Gasteiger partial charge is 0.496 e. The molecule has 8 heteroatoms. The maximum atomic E-state index is 14.6. The standard InChI is InChI=1S/C27H34FN3O4/c1-27(2,3)17-25(32)30(14-15-34-4)18-26(33)31-23(20-11-7-9-13-24(20)35-5)16-22(29-31)19-10-6-8-12-21(19)28/h6-13,23H,14-18H2,1-5H3/t23-/m1/s1. The molecule has 0 spiro atoms. The Morgan fingerprint density at radius 1 is 1.11 bits per heavy atom. The third-order valence-corrected chi connectivity index (χ3v) is 5.77. The predicted octanol–water partition coefficient (Wildman–Crippen LogP) is 4.42. The molecular formula is C27H34FN3O4. The molecule has 7 nitrogen and oxygen atoms in total. The van der Waals surface area contributed by atoms with E-state index >= 15 is 0 Å². The third kappa shape index (κ3) is 6.66. The van der Waals surface area contributed by atoms with Crippen LogP contribution in [0, 0.1) is 11.2 Å². The lowest BCUT2D eigenvalue weighted by Gasteiger charge is -2.29. The third-order valence-electron chi connectivity index (χ3n) is 5.77. The fourth-order valence-corrected chi connectivity index (χ4v) is 4.08. The van der Waals surface area contributed by atoms with E-state index in [4.69, 9.17) is 9.47 Å². The first-order chi connectivity index (χ1) is 16.6. The van der Waals surface area contributed by atoms with Crippen molar-refractivity contribution in [1.82, 2.24) is 9.91 Å². The summed E-state index contributed by atoms with van der Waals surface area (Å²) >= 11 is 0. The van der Waals surface area contributed by atoms with Crippen LogP contribution in [0.15, 0.2) is 53.6 Å².